The maximum Gasteiger partial charge on any atom is 0.334 e. The summed E-state index contributed by atoms with van der Waals surface area (Å²) in [5.74, 6) is -2.04. The van der Waals surface area contributed by atoms with E-state index in [1.807, 2.05) is 6.92 Å². The molecular weight excluding hydrogens is 370 g/mol. The summed E-state index contributed by atoms with van der Waals surface area (Å²) in [4.78, 5) is 49.1. The molecule has 2 heterocycles. The van der Waals surface area contributed by atoms with Crippen LogP contribution in [0.25, 0.3) is 0 Å². The van der Waals surface area contributed by atoms with Crippen molar-refractivity contribution in [1.82, 2.24) is 20.0 Å². The van der Waals surface area contributed by atoms with Gasteiger partial charge >= 0.3 is 17.8 Å². The van der Waals surface area contributed by atoms with Crippen molar-refractivity contribution in [1.29, 1.82) is 0 Å². The molecule has 1 fully saturated rings. The molecule has 0 spiro atoms. The van der Waals surface area contributed by atoms with Gasteiger partial charge in [0.15, 0.2) is 0 Å². The maximum absolute atomic E-state index is 12.3. The lowest BCUT2D eigenvalue weighted by atomic mass is 10.1. The molecule has 5 amide bonds. The highest BCUT2D eigenvalue weighted by atomic mass is 32.1. The van der Waals surface area contributed by atoms with Crippen molar-refractivity contribution in [3.05, 3.63) is 40.4 Å². The van der Waals surface area contributed by atoms with Crippen LogP contribution in [0, 0.1) is 0 Å². The Bertz CT molecular complexity index is 908. The lowest BCUT2D eigenvalue weighted by Gasteiger charge is -2.13. The van der Waals surface area contributed by atoms with E-state index < -0.39 is 17.8 Å². The number of carbonyl (C=O) groups is 4. The van der Waals surface area contributed by atoms with Crippen LogP contribution in [0.1, 0.15) is 34.3 Å². The number of urea groups is 1. The van der Waals surface area contributed by atoms with Gasteiger partial charge in [-0.05, 0) is 24.1 Å². The molecule has 9 nitrogen and oxygen atoms in total. The molecular formula is C17H17N5O4S. The molecule has 1 saturated heterocycles. The summed E-state index contributed by atoms with van der Waals surface area (Å²) in [6.07, 6.45) is 1.77. The zero-order valence-corrected chi connectivity index (χ0v) is 15.6. The van der Waals surface area contributed by atoms with Gasteiger partial charge in [0, 0.05) is 19.0 Å². The summed E-state index contributed by atoms with van der Waals surface area (Å²) in [5, 5.41) is 11.9. The fourth-order valence-corrected chi connectivity index (χ4v) is 3.32. The number of amides is 5. The van der Waals surface area contributed by atoms with Crippen molar-refractivity contribution < 1.29 is 19.2 Å². The van der Waals surface area contributed by atoms with E-state index in [1.165, 1.54) is 18.4 Å². The van der Waals surface area contributed by atoms with Gasteiger partial charge in [-0.3, -0.25) is 29.5 Å². The summed E-state index contributed by atoms with van der Waals surface area (Å²) in [5.41, 5.74) is 1.02. The van der Waals surface area contributed by atoms with Crippen molar-refractivity contribution in [3.63, 3.8) is 0 Å². The van der Waals surface area contributed by atoms with Crippen LogP contribution in [-0.2, 0) is 22.6 Å². The molecule has 0 saturated carbocycles. The van der Waals surface area contributed by atoms with Crippen LogP contribution in [0.15, 0.2) is 24.3 Å². The molecule has 10 heteroatoms. The quantitative estimate of drug-likeness (QED) is 0.596. The van der Waals surface area contributed by atoms with Crippen molar-refractivity contribution >= 4 is 40.2 Å². The molecule has 0 radical (unpaired) electrons. The second-order valence-corrected chi connectivity index (χ2v) is 7.00. The van der Waals surface area contributed by atoms with Gasteiger partial charge in [0.2, 0.25) is 5.13 Å². The van der Waals surface area contributed by atoms with Gasteiger partial charge in [-0.1, -0.05) is 30.4 Å². The molecule has 0 bridgehead atoms. The van der Waals surface area contributed by atoms with Gasteiger partial charge in [0.25, 0.3) is 5.91 Å². The molecule has 0 atom stereocenters. The van der Waals surface area contributed by atoms with E-state index in [0.29, 0.717) is 16.3 Å². The Morgan fingerprint density at radius 1 is 1.11 bits per heavy atom. The smallest absolute Gasteiger partial charge is 0.296 e. The minimum Gasteiger partial charge on any atom is -0.296 e. The van der Waals surface area contributed by atoms with Crippen molar-refractivity contribution in [2.75, 3.05) is 12.4 Å². The van der Waals surface area contributed by atoms with Crippen molar-refractivity contribution in [2.24, 2.45) is 0 Å². The second-order valence-electron chi connectivity index (χ2n) is 5.94. The number of aromatic nitrogens is 2. The Kier molecular flexibility index (Phi) is 5.26. The number of benzene rings is 1. The largest absolute Gasteiger partial charge is 0.334 e. The first-order valence-corrected chi connectivity index (χ1v) is 9.08. The highest BCUT2D eigenvalue weighted by Crippen LogP contribution is 2.18. The van der Waals surface area contributed by atoms with E-state index in [1.54, 1.807) is 24.3 Å². The van der Waals surface area contributed by atoms with Crippen LogP contribution in [0.5, 0.6) is 0 Å². The Hall–Kier alpha value is -3.14. The number of imide groups is 2. The zero-order valence-electron chi connectivity index (χ0n) is 14.8. The highest BCUT2D eigenvalue weighted by molar-refractivity contribution is 7.15. The summed E-state index contributed by atoms with van der Waals surface area (Å²) < 4.78 is 0. The van der Waals surface area contributed by atoms with Crippen LogP contribution >= 0.6 is 11.3 Å². The first-order chi connectivity index (χ1) is 12.9. The maximum atomic E-state index is 12.3. The molecule has 140 valence electrons. The number of hydrogen-bond donors (Lipinski definition) is 1. The Labute approximate surface area is 159 Å². The number of rotatable bonds is 6. The normalized spacial score (nSPS) is 14.2. The first-order valence-electron chi connectivity index (χ1n) is 8.27. The van der Waals surface area contributed by atoms with Crippen LogP contribution in [0.3, 0.4) is 0 Å². The molecule has 1 N–H and O–H groups in total. The number of nitrogens with zero attached hydrogens (tertiary/aromatic N) is 4. The molecule has 1 aromatic carbocycles. The molecule has 1 aromatic heterocycles. The molecule has 1 aliphatic rings. The Morgan fingerprint density at radius 3 is 2.41 bits per heavy atom. The third-order valence-corrected chi connectivity index (χ3v) is 4.86. The third kappa shape index (κ3) is 3.85. The van der Waals surface area contributed by atoms with Crippen molar-refractivity contribution in [2.45, 2.75) is 26.3 Å². The standard InChI is InChI=1S/C17H17N5O4S/c1-3-4-12-19-20-16(27-12)18-13(23)11-7-5-10(6-8-11)9-22-15(25)14(24)21(2)17(22)26/h5-8H,3-4,9H2,1-2H3,(H,18,20,23). The van der Waals surface area contributed by atoms with E-state index >= 15 is 0 Å². The Morgan fingerprint density at radius 2 is 1.81 bits per heavy atom. The summed E-state index contributed by atoms with van der Waals surface area (Å²) in [6.45, 7) is 2.00. The fraction of sp³-hybridized carbons (Fsp3) is 0.294. The summed E-state index contributed by atoms with van der Waals surface area (Å²) in [6, 6.07) is 5.75. The number of nitrogens with one attached hydrogen (secondary N) is 1. The van der Waals surface area contributed by atoms with E-state index in [0.717, 1.165) is 27.6 Å². The average Bonchev–Trinajstić information content (AvgIpc) is 3.17. The number of likely N-dealkylation sites (N-methyl/N-ethyl adjacent to an activating group) is 1. The minimum absolute atomic E-state index is 0.0353. The summed E-state index contributed by atoms with van der Waals surface area (Å²) >= 11 is 1.33. The van der Waals surface area contributed by atoms with E-state index in [9.17, 15) is 19.2 Å². The lowest BCUT2D eigenvalue weighted by molar-refractivity contribution is -0.143. The van der Waals surface area contributed by atoms with Gasteiger partial charge in [0.05, 0.1) is 6.54 Å². The highest BCUT2D eigenvalue weighted by Gasteiger charge is 2.41. The fourth-order valence-electron chi connectivity index (χ4n) is 2.49. The summed E-state index contributed by atoms with van der Waals surface area (Å²) in [7, 11) is 1.26. The van der Waals surface area contributed by atoms with Gasteiger partial charge in [-0.2, -0.15) is 0 Å². The molecule has 27 heavy (non-hydrogen) atoms. The number of aryl methyl sites for hydroxylation is 1. The number of carbonyl (C=O) groups excluding carboxylic acids is 4. The van der Waals surface area contributed by atoms with Crippen LogP contribution in [0.4, 0.5) is 9.93 Å². The van der Waals surface area contributed by atoms with Crippen LogP contribution < -0.4 is 5.32 Å². The topological polar surface area (TPSA) is 113 Å². The first kappa shape index (κ1) is 18.6. The number of anilines is 1. The predicted octanol–water partition coefficient (Wildman–Crippen LogP) is 1.66. The lowest BCUT2D eigenvalue weighted by Crippen LogP contribution is -2.31. The van der Waals surface area contributed by atoms with Gasteiger partial charge < -0.3 is 0 Å². The van der Waals surface area contributed by atoms with E-state index in [4.69, 9.17) is 0 Å². The van der Waals surface area contributed by atoms with Gasteiger partial charge in [0.1, 0.15) is 5.01 Å². The van der Waals surface area contributed by atoms with Crippen LogP contribution in [-0.4, -0.2) is 50.8 Å². The average molecular weight is 387 g/mol. The van der Waals surface area contributed by atoms with Gasteiger partial charge in [-0.15, -0.1) is 10.2 Å². The second kappa shape index (κ2) is 7.62. The predicted molar refractivity (Wildman–Crippen MR) is 97.0 cm³/mol. The van der Waals surface area contributed by atoms with E-state index in [2.05, 4.69) is 15.5 Å². The molecule has 2 aromatic rings. The number of hydrogen-bond acceptors (Lipinski definition) is 7. The molecule has 0 aliphatic carbocycles. The minimum atomic E-state index is -0.858. The zero-order chi connectivity index (χ0) is 19.6. The van der Waals surface area contributed by atoms with Gasteiger partial charge in [-0.25, -0.2) is 4.79 Å². The third-order valence-electron chi connectivity index (χ3n) is 3.96. The monoisotopic (exact) mass is 387 g/mol. The van der Waals surface area contributed by atoms with Crippen LogP contribution in [0.2, 0.25) is 0 Å². The van der Waals surface area contributed by atoms with Crippen molar-refractivity contribution in [3.8, 4) is 0 Å². The SMILES string of the molecule is CCCc1nnc(NC(=O)c2ccc(CN3C(=O)C(=O)N(C)C3=O)cc2)s1. The molecule has 3 rings (SSSR count). The van der Waals surface area contributed by atoms with E-state index in [-0.39, 0.29) is 12.5 Å². The Balaban J connectivity index is 1.64. The molecule has 0 unspecified atom stereocenters. The molecule has 1 aliphatic heterocycles.